The molecular formula is C16H17N5O. The lowest BCUT2D eigenvalue weighted by atomic mass is 10.2. The normalized spacial score (nSPS) is 11.6. The summed E-state index contributed by atoms with van der Waals surface area (Å²) in [5, 5.41) is 19.5. The number of benzene rings is 1. The number of aryl methyl sites for hydroxylation is 3. The fraction of sp³-hybridized carbons (Fsp3) is 0.250. The molecule has 0 aliphatic rings. The molecule has 2 aromatic heterocycles. The Balaban J connectivity index is 2.10. The molecule has 112 valence electrons. The largest absolute Gasteiger partial charge is 0.493 e. The standard InChI is InChI=1S/C16H17N5O/c1-4-21-13-8-6-5-7-12(13)14(15(21)22)19-20-16-17-10(2)9-11(3)18-16/h5-9,22H,4H2,1-3H3. The van der Waals surface area contributed by atoms with Crippen LogP contribution in [-0.4, -0.2) is 19.6 Å². The van der Waals surface area contributed by atoms with Crippen molar-refractivity contribution in [3.05, 3.63) is 41.7 Å². The number of fused-ring (bicyclic) bond motifs is 1. The maximum atomic E-state index is 10.4. The van der Waals surface area contributed by atoms with Crippen molar-refractivity contribution >= 4 is 22.5 Å². The first-order valence-electron chi connectivity index (χ1n) is 7.14. The van der Waals surface area contributed by atoms with Crippen molar-refractivity contribution < 1.29 is 5.11 Å². The van der Waals surface area contributed by atoms with Gasteiger partial charge in [-0.1, -0.05) is 18.2 Å². The lowest BCUT2D eigenvalue weighted by Gasteiger charge is -2.00. The predicted molar refractivity (Wildman–Crippen MR) is 85.0 cm³/mol. The highest BCUT2D eigenvalue weighted by molar-refractivity contribution is 5.94. The van der Waals surface area contributed by atoms with Crippen molar-refractivity contribution in [3.63, 3.8) is 0 Å². The molecule has 0 unspecified atom stereocenters. The third-order valence-electron chi connectivity index (χ3n) is 3.44. The molecular weight excluding hydrogens is 278 g/mol. The SMILES string of the molecule is CCn1c(O)c(N=Nc2nc(C)cc(C)n2)c2ccccc21. The Morgan fingerprint density at radius 2 is 1.77 bits per heavy atom. The zero-order chi connectivity index (χ0) is 15.7. The molecule has 1 aromatic carbocycles. The second-order valence-corrected chi connectivity index (χ2v) is 5.08. The van der Waals surface area contributed by atoms with Crippen molar-refractivity contribution in [2.45, 2.75) is 27.3 Å². The second kappa shape index (κ2) is 5.55. The average Bonchev–Trinajstić information content (AvgIpc) is 2.75. The minimum Gasteiger partial charge on any atom is -0.493 e. The minimum absolute atomic E-state index is 0.108. The topological polar surface area (TPSA) is 75.7 Å². The summed E-state index contributed by atoms with van der Waals surface area (Å²) in [5.41, 5.74) is 3.04. The van der Waals surface area contributed by atoms with Crippen LogP contribution in [0, 0.1) is 13.8 Å². The van der Waals surface area contributed by atoms with Gasteiger partial charge in [0.05, 0.1) is 5.52 Å². The van der Waals surface area contributed by atoms with Crippen LogP contribution < -0.4 is 0 Å². The van der Waals surface area contributed by atoms with Crippen molar-refractivity contribution in [2.75, 3.05) is 0 Å². The van der Waals surface area contributed by atoms with Crippen LogP contribution in [0.5, 0.6) is 5.88 Å². The van der Waals surface area contributed by atoms with Gasteiger partial charge in [0, 0.05) is 23.3 Å². The molecule has 0 aliphatic heterocycles. The number of hydrogen-bond acceptors (Lipinski definition) is 5. The Morgan fingerprint density at radius 1 is 1.09 bits per heavy atom. The van der Waals surface area contributed by atoms with E-state index in [9.17, 15) is 5.11 Å². The number of azo groups is 1. The van der Waals surface area contributed by atoms with Gasteiger partial charge in [-0.05, 0) is 32.9 Å². The van der Waals surface area contributed by atoms with Crippen LogP contribution in [0.4, 0.5) is 11.6 Å². The summed E-state index contributed by atoms with van der Waals surface area (Å²) < 4.78 is 1.80. The predicted octanol–water partition coefficient (Wildman–Crippen LogP) is 4.19. The smallest absolute Gasteiger partial charge is 0.269 e. The second-order valence-electron chi connectivity index (χ2n) is 5.08. The van der Waals surface area contributed by atoms with Gasteiger partial charge in [-0.15, -0.1) is 10.2 Å². The molecule has 3 aromatic rings. The van der Waals surface area contributed by atoms with Crippen molar-refractivity contribution in [3.8, 4) is 5.88 Å². The molecule has 22 heavy (non-hydrogen) atoms. The van der Waals surface area contributed by atoms with E-state index in [2.05, 4.69) is 20.2 Å². The van der Waals surface area contributed by atoms with Crippen LogP contribution in [0.2, 0.25) is 0 Å². The number of hydrogen-bond donors (Lipinski definition) is 1. The van der Waals surface area contributed by atoms with Crippen molar-refractivity contribution in [2.24, 2.45) is 10.2 Å². The van der Waals surface area contributed by atoms with Gasteiger partial charge < -0.3 is 9.67 Å². The van der Waals surface area contributed by atoms with Crippen LogP contribution in [-0.2, 0) is 6.54 Å². The van der Waals surface area contributed by atoms with Crippen LogP contribution >= 0.6 is 0 Å². The molecule has 0 atom stereocenters. The van der Waals surface area contributed by atoms with Gasteiger partial charge in [0.2, 0.25) is 5.88 Å². The Morgan fingerprint density at radius 3 is 2.45 bits per heavy atom. The van der Waals surface area contributed by atoms with E-state index in [1.54, 1.807) is 4.57 Å². The van der Waals surface area contributed by atoms with Crippen molar-refractivity contribution in [1.29, 1.82) is 0 Å². The zero-order valence-corrected chi connectivity index (χ0v) is 12.8. The molecule has 0 spiro atoms. The zero-order valence-electron chi connectivity index (χ0n) is 12.8. The first-order valence-corrected chi connectivity index (χ1v) is 7.14. The van der Waals surface area contributed by atoms with Gasteiger partial charge >= 0.3 is 0 Å². The van der Waals surface area contributed by atoms with Crippen LogP contribution in [0.3, 0.4) is 0 Å². The average molecular weight is 295 g/mol. The Hall–Kier alpha value is -2.76. The van der Waals surface area contributed by atoms with Crippen molar-refractivity contribution in [1.82, 2.24) is 14.5 Å². The van der Waals surface area contributed by atoms with Crippen LogP contribution in [0.15, 0.2) is 40.6 Å². The highest BCUT2D eigenvalue weighted by Crippen LogP contribution is 2.39. The highest BCUT2D eigenvalue weighted by atomic mass is 16.3. The van der Waals surface area contributed by atoms with E-state index >= 15 is 0 Å². The monoisotopic (exact) mass is 295 g/mol. The van der Waals surface area contributed by atoms with Gasteiger partial charge in [-0.3, -0.25) is 0 Å². The van der Waals surface area contributed by atoms with E-state index in [1.807, 2.05) is 51.1 Å². The number of aromatic hydroxyl groups is 1. The number of aromatic nitrogens is 3. The van der Waals surface area contributed by atoms with Gasteiger partial charge in [0.25, 0.3) is 5.95 Å². The van der Waals surface area contributed by atoms with Crippen LogP contribution in [0.1, 0.15) is 18.3 Å². The number of para-hydroxylation sites is 1. The first-order chi connectivity index (χ1) is 10.6. The summed E-state index contributed by atoms with van der Waals surface area (Å²) in [6.07, 6.45) is 0. The Labute approximate surface area is 128 Å². The summed E-state index contributed by atoms with van der Waals surface area (Å²) in [6, 6.07) is 9.58. The molecule has 2 heterocycles. The summed E-state index contributed by atoms with van der Waals surface area (Å²) in [4.78, 5) is 8.45. The highest BCUT2D eigenvalue weighted by Gasteiger charge is 2.15. The van der Waals surface area contributed by atoms with Crippen LogP contribution in [0.25, 0.3) is 10.9 Å². The first kappa shape index (κ1) is 14.2. The van der Waals surface area contributed by atoms with E-state index in [4.69, 9.17) is 0 Å². The summed E-state index contributed by atoms with van der Waals surface area (Å²) in [6.45, 7) is 6.39. The summed E-state index contributed by atoms with van der Waals surface area (Å²) in [5.74, 6) is 0.405. The molecule has 3 rings (SSSR count). The summed E-state index contributed by atoms with van der Waals surface area (Å²) >= 11 is 0. The fourth-order valence-electron chi connectivity index (χ4n) is 2.54. The molecule has 0 fully saturated rings. The Kier molecular flexibility index (Phi) is 3.58. The maximum Gasteiger partial charge on any atom is 0.269 e. The third kappa shape index (κ3) is 2.43. The van der Waals surface area contributed by atoms with Gasteiger partial charge in [0.15, 0.2) is 5.69 Å². The molecule has 0 amide bonds. The van der Waals surface area contributed by atoms with Gasteiger partial charge in [-0.25, -0.2) is 9.97 Å². The molecule has 0 aliphatic carbocycles. The van der Waals surface area contributed by atoms with Gasteiger partial charge in [-0.2, -0.15) is 0 Å². The molecule has 6 nitrogen and oxygen atoms in total. The molecule has 1 N–H and O–H groups in total. The van der Waals surface area contributed by atoms with E-state index in [0.717, 1.165) is 22.3 Å². The quantitative estimate of drug-likeness (QED) is 0.736. The van der Waals surface area contributed by atoms with E-state index in [-0.39, 0.29) is 5.88 Å². The summed E-state index contributed by atoms with van der Waals surface area (Å²) in [7, 11) is 0. The number of rotatable bonds is 3. The maximum absolute atomic E-state index is 10.4. The minimum atomic E-state index is 0.108. The van der Waals surface area contributed by atoms with E-state index in [1.165, 1.54) is 0 Å². The lowest BCUT2D eigenvalue weighted by molar-refractivity contribution is 0.427. The molecule has 0 radical (unpaired) electrons. The van der Waals surface area contributed by atoms with E-state index in [0.29, 0.717) is 18.2 Å². The van der Waals surface area contributed by atoms with E-state index < -0.39 is 0 Å². The lowest BCUT2D eigenvalue weighted by Crippen LogP contribution is -1.91. The third-order valence-corrected chi connectivity index (χ3v) is 3.44. The fourth-order valence-corrected chi connectivity index (χ4v) is 2.54. The van der Waals surface area contributed by atoms with Gasteiger partial charge in [0.1, 0.15) is 0 Å². The molecule has 0 saturated heterocycles. The molecule has 6 heteroatoms. The molecule has 0 saturated carbocycles. The molecule has 0 bridgehead atoms. The Bertz CT molecular complexity index is 846. The number of nitrogens with zero attached hydrogens (tertiary/aromatic N) is 5.